The van der Waals surface area contributed by atoms with Crippen LogP contribution >= 0.6 is 0 Å². The molecule has 2 rings (SSSR count). The molecule has 1 aromatic heterocycles. The lowest BCUT2D eigenvalue weighted by atomic mass is 9.83. The molecule has 0 spiro atoms. The molecule has 1 amide bonds. The van der Waals surface area contributed by atoms with Crippen LogP contribution < -0.4 is 5.32 Å². The van der Waals surface area contributed by atoms with Gasteiger partial charge in [0.15, 0.2) is 5.69 Å². The van der Waals surface area contributed by atoms with Crippen LogP contribution in [0.3, 0.4) is 0 Å². The lowest BCUT2D eigenvalue weighted by molar-refractivity contribution is 0.0937. The van der Waals surface area contributed by atoms with E-state index in [1.807, 2.05) is 0 Å². The van der Waals surface area contributed by atoms with Crippen LogP contribution in [0, 0.1) is 11.8 Å². The van der Waals surface area contributed by atoms with Gasteiger partial charge in [-0.25, -0.2) is 0 Å². The first-order valence-corrected chi connectivity index (χ1v) is 5.89. The minimum atomic E-state index is -0.132. The third-order valence-corrected chi connectivity index (χ3v) is 3.33. The average molecular weight is 222 g/mol. The summed E-state index contributed by atoms with van der Waals surface area (Å²) in [6.07, 6.45) is 6.45. The molecule has 1 saturated carbocycles. The van der Waals surface area contributed by atoms with Crippen molar-refractivity contribution in [1.29, 1.82) is 0 Å². The van der Waals surface area contributed by atoms with E-state index in [-0.39, 0.29) is 5.91 Å². The third kappa shape index (κ3) is 2.81. The highest BCUT2D eigenvalue weighted by Crippen LogP contribution is 2.27. The normalized spacial score (nSPS) is 25.3. The van der Waals surface area contributed by atoms with Gasteiger partial charge in [-0.15, -0.1) is 0 Å². The highest BCUT2D eigenvalue weighted by molar-refractivity contribution is 5.91. The van der Waals surface area contributed by atoms with E-state index in [4.69, 9.17) is 0 Å². The molecule has 0 radical (unpaired) electrons. The Morgan fingerprint density at radius 3 is 2.88 bits per heavy atom. The molecule has 0 aliphatic heterocycles. The second kappa shape index (κ2) is 5.09. The van der Waals surface area contributed by atoms with Gasteiger partial charge in [-0.3, -0.25) is 4.79 Å². The summed E-state index contributed by atoms with van der Waals surface area (Å²) in [5, 5.41) is 12.7. The van der Waals surface area contributed by atoms with Crippen molar-refractivity contribution in [2.24, 2.45) is 11.8 Å². The van der Waals surface area contributed by atoms with E-state index in [0.717, 1.165) is 12.5 Å². The van der Waals surface area contributed by atoms with Gasteiger partial charge >= 0.3 is 0 Å². The summed E-state index contributed by atoms with van der Waals surface area (Å²) in [5.74, 6) is 1.35. The van der Waals surface area contributed by atoms with Gasteiger partial charge in [-0.1, -0.05) is 19.8 Å². The van der Waals surface area contributed by atoms with E-state index >= 15 is 0 Å². The number of carbonyl (C=O) groups is 1. The van der Waals surface area contributed by atoms with Crippen LogP contribution in [-0.2, 0) is 0 Å². The van der Waals surface area contributed by atoms with Crippen molar-refractivity contribution in [3.63, 3.8) is 0 Å². The Morgan fingerprint density at radius 1 is 1.50 bits per heavy atom. The van der Waals surface area contributed by atoms with Crippen molar-refractivity contribution in [1.82, 2.24) is 20.7 Å². The molecule has 0 saturated heterocycles. The zero-order valence-electron chi connectivity index (χ0n) is 9.57. The van der Waals surface area contributed by atoms with E-state index in [2.05, 4.69) is 27.7 Å². The van der Waals surface area contributed by atoms with Crippen LogP contribution in [0.4, 0.5) is 0 Å². The van der Waals surface area contributed by atoms with Crippen molar-refractivity contribution in [2.75, 3.05) is 6.54 Å². The van der Waals surface area contributed by atoms with E-state index < -0.39 is 0 Å². The maximum Gasteiger partial charge on any atom is 0.273 e. The predicted octanol–water partition coefficient (Wildman–Crippen LogP) is 1.36. The molecule has 5 heteroatoms. The van der Waals surface area contributed by atoms with Gasteiger partial charge in [0.2, 0.25) is 0 Å². The fourth-order valence-corrected chi connectivity index (χ4v) is 2.17. The molecule has 1 aliphatic carbocycles. The van der Waals surface area contributed by atoms with Crippen LogP contribution in [0.2, 0.25) is 0 Å². The van der Waals surface area contributed by atoms with Crippen molar-refractivity contribution in [2.45, 2.75) is 32.6 Å². The van der Waals surface area contributed by atoms with Crippen LogP contribution in [0.1, 0.15) is 43.1 Å². The molecule has 88 valence electrons. The number of aromatic amines is 1. The van der Waals surface area contributed by atoms with Crippen molar-refractivity contribution < 1.29 is 4.79 Å². The first-order chi connectivity index (χ1) is 7.75. The number of nitrogens with one attached hydrogen (secondary N) is 2. The largest absolute Gasteiger partial charge is 0.350 e. The standard InChI is InChI=1S/C11H18N4O/c1-8-2-4-9(5-3-8)6-12-11(16)10-7-13-15-14-10/h7-9H,2-6H2,1H3,(H,12,16)(H,13,14,15). The molecule has 1 aliphatic rings. The summed E-state index contributed by atoms with van der Waals surface area (Å²) in [6.45, 7) is 3.06. The SMILES string of the molecule is CC1CCC(CNC(=O)c2cn[nH]n2)CC1. The van der Waals surface area contributed by atoms with Crippen LogP contribution in [-0.4, -0.2) is 27.9 Å². The van der Waals surface area contributed by atoms with Crippen molar-refractivity contribution in [3.8, 4) is 0 Å². The second-order valence-corrected chi connectivity index (χ2v) is 4.69. The Kier molecular flexibility index (Phi) is 3.54. The number of carbonyl (C=O) groups excluding carboxylic acids is 1. The summed E-state index contributed by atoms with van der Waals surface area (Å²) in [6, 6.07) is 0. The van der Waals surface area contributed by atoms with Gasteiger partial charge in [0.1, 0.15) is 0 Å². The quantitative estimate of drug-likeness (QED) is 0.811. The maximum atomic E-state index is 11.6. The van der Waals surface area contributed by atoms with Crippen molar-refractivity contribution in [3.05, 3.63) is 11.9 Å². The summed E-state index contributed by atoms with van der Waals surface area (Å²) in [5.41, 5.74) is 0.365. The Labute approximate surface area is 95.0 Å². The molecule has 1 heterocycles. The minimum absolute atomic E-state index is 0.132. The molecule has 0 bridgehead atoms. The summed E-state index contributed by atoms with van der Waals surface area (Å²) in [7, 11) is 0. The molecular weight excluding hydrogens is 204 g/mol. The van der Waals surface area contributed by atoms with Gasteiger partial charge in [0, 0.05) is 6.54 Å². The smallest absolute Gasteiger partial charge is 0.273 e. The Balaban J connectivity index is 1.73. The Bertz CT molecular complexity index is 328. The molecule has 1 aromatic rings. The van der Waals surface area contributed by atoms with Gasteiger partial charge in [-0.2, -0.15) is 15.4 Å². The van der Waals surface area contributed by atoms with Crippen LogP contribution in [0.25, 0.3) is 0 Å². The molecular formula is C11H18N4O. The lowest BCUT2D eigenvalue weighted by Gasteiger charge is -2.26. The zero-order valence-corrected chi connectivity index (χ0v) is 9.57. The topological polar surface area (TPSA) is 70.7 Å². The van der Waals surface area contributed by atoms with Crippen molar-refractivity contribution >= 4 is 5.91 Å². The van der Waals surface area contributed by atoms with Gasteiger partial charge in [0.05, 0.1) is 6.20 Å². The summed E-state index contributed by atoms with van der Waals surface area (Å²) < 4.78 is 0. The van der Waals surface area contributed by atoms with Crippen LogP contribution in [0.15, 0.2) is 6.20 Å². The van der Waals surface area contributed by atoms with E-state index in [1.54, 1.807) is 0 Å². The fourth-order valence-electron chi connectivity index (χ4n) is 2.17. The van der Waals surface area contributed by atoms with Gasteiger partial charge in [0.25, 0.3) is 5.91 Å². The van der Waals surface area contributed by atoms with E-state index in [0.29, 0.717) is 11.6 Å². The Morgan fingerprint density at radius 2 is 2.25 bits per heavy atom. The molecule has 16 heavy (non-hydrogen) atoms. The minimum Gasteiger partial charge on any atom is -0.350 e. The highest BCUT2D eigenvalue weighted by Gasteiger charge is 2.19. The molecule has 0 unspecified atom stereocenters. The number of nitrogens with zero attached hydrogens (tertiary/aromatic N) is 2. The number of hydrogen-bond donors (Lipinski definition) is 2. The average Bonchev–Trinajstić information content (AvgIpc) is 2.81. The van der Waals surface area contributed by atoms with Crippen LogP contribution in [0.5, 0.6) is 0 Å². The van der Waals surface area contributed by atoms with E-state index in [1.165, 1.54) is 31.9 Å². The Hall–Kier alpha value is -1.39. The monoisotopic (exact) mass is 222 g/mol. The molecule has 0 atom stereocenters. The lowest BCUT2D eigenvalue weighted by Crippen LogP contribution is -2.31. The maximum absolute atomic E-state index is 11.6. The highest BCUT2D eigenvalue weighted by atomic mass is 16.1. The third-order valence-electron chi connectivity index (χ3n) is 3.33. The molecule has 0 aromatic carbocycles. The number of rotatable bonds is 3. The first kappa shape index (κ1) is 11.1. The fraction of sp³-hybridized carbons (Fsp3) is 0.727. The second-order valence-electron chi connectivity index (χ2n) is 4.69. The number of amides is 1. The predicted molar refractivity (Wildman–Crippen MR) is 59.8 cm³/mol. The number of H-pyrrole nitrogens is 1. The van der Waals surface area contributed by atoms with E-state index in [9.17, 15) is 4.79 Å². The zero-order chi connectivity index (χ0) is 11.4. The van der Waals surface area contributed by atoms with Gasteiger partial charge in [-0.05, 0) is 24.7 Å². The number of aromatic nitrogens is 3. The first-order valence-electron chi connectivity index (χ1n) is 5.89. The molecule has 5 nitrogen and oxygen atoms in total. The summed E-state index contributed by atoms with van der Waals surface area (Å²) >= 11 is 0. The molecule has 2 N–H and O–H groups in total. The van der Waals surface area contributed by atoms with Gasteiger partial charge < -0.3 is 5.32 Å². The summed E-state index contributed by atoms with van der Waals surface area (Å²) in [4.78, 5) is 11.6. The molecule has 1 fully saturated rings. The number of hydrogen-bond acceptors (Lipinski definition) is 3.